The Hall–Kier alpha value is -1.28. The predicted octanol–water partition coefficient (Wildman–Crippen LogP) is 1.48. The summed E-state index contributed by atoms with van der Waals surface area (Å²) in [6.07, 6.45) is 4.97. The van der Waals surface area contributed by atoms with Crippen molar-refractivity contribution in [2.24, 2.45) is 10.2 Å². The molecule has 0 aliphatic heterocycles. The Morgan fingerprint density at radius 1 is 0.900 bits per heavy atom. The molecule has 8 heteroatoms. The summed E-state index contributed by atoms with van der Waals surface area (Å²) < 4.78 is 0. The number of nitrogens with zero attached hydrogens (tertiary/aromatic N) is 2. The van der Waals surface area contributed by atoms with Crippen LogP contribution < -0.4 is 21.5 Å². The number of hydrogen-bond donors (Lipinski definition) is 4. The number of hydrazone groups is 2. The van der Waals surface area contributed by atoms with Crippen LogP contribution in [0.3, 0.4) is 0 Å². The third-order valence-corrected chi connectivity index (χ3v) is 2.95. The molecule has 2 atom stereocenters. The van der Waals surface area contributed by atoms with Crippen molar-refractivity contribution in [3.8, 4) is 0 Å². The van der Waals surface area contributed by atoms with Crippen molar-refractivity contribution in [1.82, 2.24) is 21.5 Å². The minimum Gasteiger partial charge on any atom is -0.359 e. The van der Waals surface area contributed by atoms with Crippen LogP contribution in [-0.4, -0.2) is 34.7 Å². The average molecular weight is 317 g/mol. The molecule has 0 fully saturated rings. The Morgan fingerprint density at radius 2 is 1.25 bits per heavy atom. The van der Waals surface area contributed by atoms with E-state index in [0.29, 0.717) is 22.3 Å². The zero-order valence-electron chi connectivity index (χ0n) is 12.4. The van der Waals surface area contributed by atoms with Crippen molar-refractivity contribution in [2.75, 3.05) is 0 Å². The summed E-state index contributed by atoms with van der Waals surface area (Å²) in [6, 6.07) is 0.647. The van der Waals surface area contributed by atoms with Crippen LogP contribution in [0.2, 0.25) is 0 Å². The Morgan fingerprint density at radius 3 is 1.55 bits per heavy atom. The van der Waals surface area contributed by atoms with E-state index in [-0.39, 0.29) is 0 Å². The highest BCUT2D eigenvalue weighted by Crippen LogP contribution is 1.87. The van der Waals surface area contributed by atoms with Crippen molar-refractivity contribution < 1.29 is 0 Å². The molecular weight excluding hydrogens is 292 g/mol. The lowest BCUT2D eigenvalue weighted by atomic mass is 10.3. The summed E-state index contributed by atoms with van der Waals surface area (Å²) in [5.41, 5.74) is 5.40. The summed E-state index contributed by atoms with van der Waals surface area (Å²) >= 11 is 10.1. The highest BCUT2D eigenvalue weighted by Gasteiger charge is 1.99. The molecule has 0 heterocycles. The van der Waals surface area contributed by atoms with E-state index in [9.17, 15) is 0 Å². The van der Waals surface area contributed by atoms with Gasteiger partial charge >= 0.3 is 0 Å². The van der Waals surface area contributed by atoms with Gasteiger partial charge in [0.05, 0.1) is 12.4 Å². The van der Waals surface area contributed by atoms with Crippen LogP contribution in [0.1, 0.15) is 40.5 Å². The van der Waals surface area contributed by atoms with Gasteiger partial charge in [-0.15, -0.1) is 0 Å². The first kappa shape index (κ1) is 18.7. The van der Waals surface area contributed by atoms with Gasteiger partial charge in [-0.3, -0.25) is 10.9 Å². The maximum absolute atomic E-state index is 5.05. The van der Waals surface area contributed by atoms with Crippen molar-refractivity contribution in [2.45, 2.75) is 52.6 Å². The van der Waals surface area contributed by atoms with Crippen LogP contribution in [-0.2, 0) is 0 Å². The molecule has 0 radical (unpaired) electrons. The number of hydrogen-bond acceptors (Lipinski definition) is 4. The smallest absolute Gasteiger partial charge is 0.187 e. The Balaban J connectivity index is 3.81. The number of nitrogens with one attached hydrogen (secondary N) is 4. The molecule has 0 aliphatic rings. The minimum absolute atomic E-state index is 0.324. The van der Waals surface area contributed by atoms with Crippen LogP contribution in [0.4, 0.5) is 0 Å². The van der Waals surface area contributed by atoms with Gasteiger partial charge in [0, 0.05) is 12.1 Å². The molecule has 0 aromatic heterocycles. The van der Waals surface area contributed by atoms with Gasteiger partial charge < -0.3 is 10.6 Å². The van der Waals surface area contributed by atoms with Gasteiger partial charge in [0.15, 0.2) is 10.2 Å². The van der Waals surface area contributed by atoms with Gasteiger partial charge in [0.2, 0.25) is 0 Å². The second-order valence-electron chi connectivity index (χ2n) is 4.35. The van der Waals surface area contributed by atoms with Gasteiger partial charge in [0.25, 0.3) is 0 Å². The lowest BCUT2D eigenvalue weighted by molar-refractivity contribution is 0.634. The second-order valence-corrected chi connectivity index (χ2v) is 5.16. The number of thiocarbonyl (C=S) groups is 2. The molecule has 6 nitrogen and oxygen atoms in total. The van der Waals surface area contributed by atoms with Gasteiger partial charge in [-0.2, -0.15) is 10.2 Å². The van der Waals surface area contributed by atoms with E-state index in [2.05, 4.69) is 45.5 Å². The van der Waals surface area contributed by atoms with E-state index in [0.717, 1.165) is 12.8 Å². The van der Waals surface area contributed by atoms with E-state index < -0.39 is 0 Å². The highest BCUT2D eigenvalue weighted by atomic mass is 32.1. The largest absolute Gasteiger partial charge is 0.359 e. The average Bonchev–Trinajstić information content (AvgIpc) is 2.42. The van der Waals surface area contributed by atoms with Gasteiger partial charge in [0.1, 0.15) is 0 Å². The van der Waals surface area contributed by atoms with E-state index in [1.807, 2.05) is 13.8 Å². The van der Waals surface area contributed by atoms with Crippen molar-refractivity contribution in [3.05, 3.63) is 0 Å². The SMILES string of the molecule is CCC(C)NC(=S)N/N=C\C=N/NC(=S)NC(C)CC. The quantitative estimate of drug-likeness (QED) is 0.324. The van der Waals surface area contributed by atoms with Crippen LogP contribution in [0.15, 0.2) is 10.2 Å². The summed E-state index contributed by atoms with van der Waals surface area (Å²) in [6.45, 7) is 8.26. The van der Waals surface area contributed by atoms with Crippen molar-refractivity contribution in [3.63, 3.8) is 0 Å². The molecule has 0 rings (SSSR count). The third kappa shape index (κ3) is 10.6. The Kier molecular flexibility index (Phi) is 10.8. The molecule has 2 unspecified atom stereocenters. The van der Waals surface area contributed by atoms with E-state index in [1.165, 1.54) is 12.4 Å². The fourth-order valence-electron chi connectivity index (χ4n) is 0.975. The first-order valence-corrected chi connectivity index (χ1v) is 7.48. The van der Waals surface area contributed by atoms with Crippen LogP contribution in [0.5, 0.6) is 0 Å². The molecule has 0 aromatic rings. The van der Waals surface area contributed by atoms with E-state index in [4.69, 9.17) is 24.4 Å². The molecule has 0 amide bonds. The molecular formula is C12H24N6S2. The maximum Gasteiger partial charge on any atom is 0.187 e. The molecule has 4 N–H and O–H groups in total. The monoisotopic (exact) mass is 316 g/mol. The minimum atomic E-state index is 0.324. The van der Waals surface area contributed by atoms with Crippen LogP contribution in [0, 0.1) is 0 Å². The van der Waals surface area contributed by atoms with Crippen LogP contribution >= 0.6 is 24.4 Å². The van der Waals surface area contributed by atoms with Gasteiger partial charge in [-0.1, -0.05) is 13.8 Å². The molecule has 0 aliphatic carbocycles. The Bertz CT molecular complexity index is 322. The standard InChI is InChI=1S/C12H24N6S2/c1-5-9(3)15-11(19)17-13-7-8-14-18-12(20)16-10(4)6-2/h7-10H,5-6H2,1-4H3,(H2,15,17,19)(H2,16,18,20)/b13-7-,14-8-. The van der Waals surface area contributed by atoms with Gasteiger partial charge in [-0.05, 0) is 51.1 Å². The third-order valence-electron chi connectivity index (χ3n) is 2.53. The first-order valence-electron chi connectivity index (χ1n) is 6.67. The van der Waals surface area contributed by atoms with Gasteiger partial charge in [-0.25, -0.2) is 0 Å². The summed E-state index contributed by atoms with van der Waals surface area (Å²) in [5.74, 6) is 0. The summed E-state index contributed by atoms with van der Waals surface area (Å²) in [4.78, 5) is 0. The van der Waals surface area contributed by atoms with E-state index >= 15 is 0 Å². The zero-order chi connectivity index (χ0) is 15.4. The number of rotatable bonds is 7. The molecule has 0 saturated carbocycles. The summed E-state index contributed by atoms with van der Waals surface area (Å²) in [7, 11) is 0. The van der Waals surface area contributed by atoms with Crippen LogP contribution in [0.25, 0.3) is 0 Å². The molecule has 0 spiro atoms. The molecule has 0 saturated heterocycles. The molecule has 0 bridgehead atoms. The van der Waals surface area contributed by atoms with Crippen molar-refractivity contribution >= 4 is 47.1 Å². The highest BCUT2D eigenvalue weighted by molar-refractivity contribution is 7.80. The molecule has 20 heavy (non-hydrogen) atoms. The zero-order valence-corrected chi connectivity index (χ0v) is 14.1. The maximum atomic E-state index is 5.05. The van der Waals surface area contributed by atoms with E-state index in [1.54, 1.807) is 0 Å². The first-order chi connectivity index (χ1) is 9.49. The summed E-state index contributed by atoms with van der Waals surface area (Å²) in [5, 5.41) is 14.9. The fourth-order valence-corrected chi connectivity index (χ4v) is 1.48. The predicted molar refractivity (Wildman–Crippen MR) is 94.2 cm³/mol. The lowest BCUT2D eigenvalue weighted by Gasteiger charge is -2.12. The molecule has 0 aromatic carbocycles. The topological polar surface area (TPSA) is 72.8 Å². The normalized spacial score (nSPS) is 14.0. The van der Waals surface area contributed by atoms with Crippen molar-refractivity contribution in [1.29, 1.82) is 0 Å². The Labute approximate surface area is 131 Å². The second kappa shape index (κ2) is 11.5. The lowest BCUT2D eigenvalue weighted by Crippen LogP contribution is -2.38. The fraction of sp³-hybridized carbons (Fsp3) is 0.667. The molecule has 114 valence electrons.